The number of piperidine rings is 1. The summed E-state index contributed by atoms with van der Waals surface area (Å²) < 4.78 is 0. The number of benzene rings is 1. The molecule has 2 fully saturated rings. The lowest BCUT2D eigenvalue weighted by molar-refractivity contribution is -0.136. The van der Waals surface area contributed by atoms with Crippen LogP contribution in [0.5, 0.6) is 0 Å². The van der Waals surface area contributed by atoms with Crippen LogP contribution in [0.15, 0.2) is 30.3 Å². The van der Waals surface area contributed by atoms with Crippen LogP contribution in [-0.4, -0.2) is 25.0 Å². The van der Waals surface area contributed by atoms with Gasteiger partial charge >= 0.3 is 0 Å². The van der Waals surface area contributed by atoms with Crippen LogP contribution in [0.4, 0.5) is 0 Å². The monoisotopic (exact) mass is 272 g/mol. The number of hydrogen-bond acceptors (Lipinski definition) is 2. The minimum atomic E-state index is -0.133. The van der Waals surface area contributed by atoms with Gasteiger partial charge in [-0.15, -0.1) is 0 Å². The van der Waals surface area contributed by atoms with E-state index in [-0.39, 0.29) is 5.41 Å². The van der Waals surface area contributed by atoms with Crippen LogP contribution < -0.4 is 10.6 Å². The van der Waals surface area contributed by atoms with Gasteiger partial charge in [-0.1, -0.05) is 36.8 Å². The van der Waals surface area contributed by atoms with Crippen molar-refractivity contribution >= 4 is 5.91 Å². The lowest BCUT2D eigenvalue weighted by Gasteiger charge is -2.42. The molecule has 2 N–H and O–H groups in total. The molecule has 0 aromatic heterocycles. The molecule has 0 bridgehead atoms. The van der Waals surface area contributed by atoms with E-state index in [0.717, 1.165) is 45.2 Å². The zero-order valence-electron chi connectivity index (χ0n) is 12.0. The highest BCUT2D eigenvalue weighted by molar-refractivity contribution is 5.84. The van der Waals surface area contributed by atoms with E-state index in [1.165, 1.54) is 12.0 Å². The van der Waals surface area contributed by atoms with E-state index in [9.17, 15) is 4.79 Å². The minimum absolute atomic E-state index is 0.133. The first-order chi connectivity index (χ1) is 9.78. The summed E-state index contributed by atoms with van der Waals surface area (Å²) in [6.07, 6.45) is 6.29. The smallest absolute Gasteiger partial charge is 0.226 e. The maximum atomic E-state index is 12.7. The number of amides is 1. The Balaban J connectivity index is 1.64. The SMILES string of the molecule is O=C(NC1CCNCC1)C1(Cc2ccccc2)CCC1. The summed E-state index contributed by atoms with van der Waals surface area (Å²) in [6.45, 7) is 2.05. The molecule has 3 nitrogen and oxygen atoms in total. The van der Waals surface area contributed by atoms with Crippen LogP contribution in [0.2, 0.25) is 0 Å². The highest BCUT2D eigenvalue weighted by Crippen LogP contribution is 2.44. The highest BCUT2D eigenvalue weighted by Gasteiger charge is 2.44. The van der Waals surface area contributed by atoms with E-state index in [1.807, 2.05) is 6.07 Å². The number of carbonyl (C=O) groups excluding carboxylic acids is 1. The van der Waals surface area contributed by atoms with Gasteiger partial charge in [0.1, 0.15) is 0 Å². The molecule has 2 aliphatic rings. The van der Waals surface area contributed by atoms with E-state index in [4.69, 9.17) is 0 Å². The van der Waals surface area contributed by atoms with Crippen LogP contribution in [0.3, 0.4) is 0 Å². The largest absolute Gasteiger partial charge is 0.353 e. The molecule has 1 aliphatic carbocycles. The summed E-state index contributed by atoms with van der Waals surface area (Å²) >= 11 is 0. The molecule has 3 rings (SSSR count). The van der Waals surface area contributed by atoms with Crippen LogP contribution in [0.25, 0.3) is 0 Å². The maximum absolute atomic E-state index is 12.7. The lowest BCUT2D eigenvalue weighted by Crippen LogP contribution is -2.52. The highest BCUT2D eigenvalue weighted by atomic mass is 16.2. The molecule has 3 heteroatoms. The molecule has 1 amide bonds. The summed E-state index contributed by atoms with van der Waals surface area (Å²) in [5.41, 5.74) is 1.15. The first-order valence-electron chi connectivity index (χ1n) is 7.84. The summed E-state index contributed by atoms with van der Waals surface area (Å²) in [4.78, 5) is 12.7. The fourth-order valence-corrected chi connectivity index (χ4v) is 3.38. The topological polar surface area (TPSA) is 41.1 Å². The molecule has 1 saturated carbocycles. The Labute approximate surface area is 121 Å². The lowest BCUT2D eigenvalue weighted by atomic mass is 9.64. The van der Waals surface area contributed by atoms with Gasteiger partial charge in [-0.2, -0.15) is 0 Å². The van der Waals surface area contributed by atoms with Gasteiger partial charge < -0.3 is 10.6 Å². The third-order valence-electron chi connectivity index (χ3n) is 4.85. The van der Waals surface area contributed by atoms with Crippen molar-refractivity contribution in [3.63, 3.8) is 0 Å². The molecule has 1 saturated heterocycles. The van der Waals surface area contributed by atoms with Gasteiger partial charge in [0.05, 0.1) is 5.41 Å². The predicted octanol–water partition coefficient (Wildman–Crippen LogP) is 2.27. The number of carbonyl (C=O) groups is 1. The third kappa shape index (κ3) is 2.88. The van der Waals surface area contributed by atoms with E-state index >= 15 is 0 Å². The second-order valence-electron chi connectivity index (χ2n) is 6.29. The first-order valence-corrected chi connectivity index (χ1v) is 7.84. The molecule has 0 radical (unpaired) electrons. The second-order valence-corrected chi connectivity index (χ2v) is 6.29. The van der Waals surface area contributed by atoms with Gasteiger partial charge in [0.15, 0.2) is 0 Å². The van der Waals surface area contributed by atoms with Gasteiger partial charge in [-0.3, -0.25) is 4.79 Å². The van der Waals surface area contributed by atoms with Crippen molar-refractivity contribution in [3.8, 4) is 0 Å². The van der Waals surface area contributed by atoms with Gasteiger partial charge in [-0.05, 0) is 50.8 Å². The Kier molecular flexibility index (Phi) is 4.06. The fraction of sp³-hybridized carbons (Fsp3) is 0.588. The second kappa shape index (κ2) is 5.96. The molecule has 1 heterocycles. The molecular formula is C17H24N2O. The van der Waals surface area contributed by atoms with Crippen molar-refractivity contribution in [3.05, 3.63) is 35.9 Å². The Bertz CT molecular complexity index is 447. The fourth-order valence-electron chi connectivity index (χ4n) is 3.38. The average molecular weight is 272 g/mol. The predicted molar refractivity (Wildman–Crippen MR) is 80.5 cm³/mol. The Morgan fingerprint density at radius 2 is 1.90 bits per heavy atom. The molecule has 1 aromatic carbocycles. The zero-order chi connectivity index (χ0) is 13.8. The normalized spacial score (nSPS) is 22.0. The molecule has 0 unspecified atom stereocenters. The maximum Gasteiger partial charge on any atom is 0.226 e. The molecule has 0 spiro atoms. The van der Waals surface area contributed by atoms with Crippen molar-refractivity contribution in [2.24, 2.45) is 5.41 Å². The van der Waals surface area contributed by atoms with E-state index < -0.39 is 0 Å². The van der Waals surface area contributed by atoms with Crippen LogP contribution in [-0.2, 0) is 11.2 Å². The minimum Gasteiger partial charge on any atom is -0.353 e. The Hall–Kier alpha value is -1.35. The molecule has 108 valence electrons. The molecule has 1 aliphatic heterocycles. The number of rotatable bonds is 4. The molecule has 1 aromatic rings. The summed E-state index contributed by atoms with van der Waals surface area (Å²) in [7, 11) is 0. The van der Waals surface area contributed by atoms with E-state index in [2.05, 4.69) is 34.9 Å². The van der Waals surface area contributed by atoms with Crippen molar-refractivity contribution < 1.29 is 4.79 Å². The first kappa shape index (κ1) is 13.6. The number of hydrogen-bond donors (Lipinski definition) is 2. The van der Waals surface area contributed by atoms with Crippen molar-refractivity contribution in [1.82, 2.24) is 10.6 Å². The van der Waals surface area contributed by atoms with Crippen molar-refractivity contribution in [2.45, 2.75) is 44.6 Å². The van der Waals surface area contributed by atoms with Crippen molar-refractivity contribution in [1.29, 1.82) is 0 Å². The molecule has 0 atom stereocenters. The Morgan fingerprint density at radius 1 is 1.20 bits per heavy atom. The molecule has 20 heavy (non-hydrogen) atoms. The standard InChI is InChI=1S/C17H24N2O/c20-16(19-15-7-11-18-12-8-15)17(9-4-10-17)13-14-5-2-1-3-6-14/h1-3,5-6,15,18H,4,7-13H2,(H,19,20). The van der Waals surface area contributed by atoms with Crippen LogP contribution >= 0.6 is 0 Å². The molecular weight excluding hydrogens is 248 g/mol. The summed E-state index contributed by atoms with van der Waals surface area (Å²) in [5.74, 6) is 0.291. The van der Waals surface area contributed by atoms with E-state index in [1.54, 1.807) is 0 Å². The van der Waals surface area contributed by atoms with Gasteiger partial charge in [-0.25, -0.2) is 0 Å². The average Bonchev–Trinajstić information content (AvgIpc) is 2.45. The summed E-state index contributed by atoms with van der Waals surface area (Å²) in [6, 6.07) is 10.8. The van der Waals surface area contributed by atoms with Gasteiger partial charge in [0.2, 0.25) is 5.91 Å². The van der Waals surface area contributed by atoms with Gasteiger partial charge in [0.25, 0.3) is 0 Å². The number of nitrogens with one attached hydrogen (secondary N) is 2. The third-order valence-corrected chi connectivity index (χ3v) is 4.85. The summed E-state index contributed by atoms with van der Waals surface area (Å²) in [5, 5.41) is 6.65. The Morgan fingerprint density at radius 3 is 2.50 bits per heavy atom. The van der Waals surface area contributed by atoms with E-state index in [0.29, 0.717) is 11.9 Å². The van der Waals surface area contributed by atoms with Crippen molar-refractivity contribution in [2.75, 3.05) is 13.1 Å². The van der Waals surface area contributed by atoms with Gasteiger partial charge in [0, 0.05) is 6.04 Å². The quantitative estimate of drug-likeness (QED) is 0.883. The zero-order valence-corrected chi connectivity index (χ0v) is 12.0. The van der Waals surface area contributed by atoms with Crippen LogP contribution in [0.1, 0.15) is 37.7 Å². The van der Waals surface area contributed by atoms with Crippen LogP contribution in [0, 0.1) is 5.41 Å².